The summed E-state index contributed by atoms with van der Waals surface area (Å²) in [5.74, 6) is 0. The first kappa shape index (κ1) is 28.4. The fourth-order valence-electron chi connectivity index (χ4n) is 6.59. The summed E-state index contributed by atoms with van der Waals surface area (Å²) in [6.45, 7) is 16.4. The first-order valence-electron chi connectivity index (χ1n) is 12.2. The molecule has 0 nitrogen and oxygen atoms in total. The van der Waals surface area contributed by atoms with E-state index in [2.05, 4.69) is 115 Å². The van der Waals surface area contributed by atoms with E-state index in [9.17, 15) is 0 Å². The Kier molecular flexibility index (Phi) is 8.65. The predicted molar refractivity (Wildman–Crippen MR) is 158 cm³/mol. The molecule has 0 aromatic heterocycles. The maximum absolute atomic E-state index is 2.97. The number of hydrogen-bond acceptors (Lipinski definition) is 0. The molecule has 5 rings (SSSR count). The van der Waals surface area contributed by atoms with Crippen LogP contribution in [0.3, 0.4) is 0 Å². The Morgan fingerprint density at radius 2 is 1.06 bits per heavy atom. The molecule has 4 heteroatoms. The molecule has 0 bridgehead atoms. The molecular formula is C31H37Cl2SiZr. The van der Waals surface area contributed by atoms with Crippen molar-refractivity contribution in [2.24, 2.45) is 0 Å². The summed E-state index contributed by atoms with van der Waals surface area (Å²) >= 11 is -2.97. The van der Waals surface area contributed by atoms with Gasteiger partial charge in [0.15, 0.2) is 0 Å². The minimum Gasteiger partial charge on any atom is -0.147 e. The van der Waals surface area contributed by atoms with Crippen LogP contribution in [-0.2, 0) is 23.0 Å². The molecule has 2 unspecified atom stereocenters. The molecule has 0 fully saturated rings. The van der Waals surface area contributed by atoms with Gasteiger partial charge in [-0.1, -0.05) is 0 Å². The molecule has 0 saturated heterocycles. The number of benzene rings is 3. The van der Waals surface area contributed by atoms with Gasteiger partial charge in [-0.05, 0) is 0 Å². The molecule has 0 aliphatic heterocycles. The summed E-state index contributed by atoms with van der Waals surface area (Å²) in [5.41, 5.74) is 16.7. The molecule has 3 aromatic rings. The molecule has 0 amide bonds. The van der Waals surface area contributed by atoms with Gasteiger partial charge >= 0.3 is 207 Å². The molecule has 35 heavy (non-hydrogen) atoms. The third-order valence-electron chi connectivity index (χ3n) is 8.44. The van der Waals surface area contributed by atoms with E-state index in [-0.39, 0.29) is 24.8 Å². The van der Waals surface area contributed by atoms with Crippen LogP contribution in [0.15, 0.2) is 65.7 Å². The van der Waals surface area contributed by atoms with Crippen molar-refractivity contribution in [3.63, 3.8) is 0 Å². The Balaban J connectivity index is 0.00000171. The van der Waals surface area contributed by atoms with E-state index >= 15 is 0 Å². The average Bonchev–Trinajstić information content (AvgIpc) is 3.31. The first-order valence-corrected chi connectivity index (χ1v) is 22.7. The van der Waals surface area contributed by atoms with Gasteiger partial charge in [0, 0.05) is 0 Å². The zero-order valence-electron chi connectivity index (χ0n) is 21.7. The zero-order chi connectivity index (χ0) is 23.5. The van der Waals surface area contributed by atoms with Crippen LogP contribution < -0.4 is 0 Å². The van der Waals surface area contributed by atoms with Gasteiger partial charge in [0.25, 0.3) is 0 Å². The second kappa shape index (κ2) is 10.7. The fourth-order valence-corrected chi connectivity index (χ4v) is 28.1. The SMILES string of the molecule is CC1=Cc2c(ccc(C)c2C)[CH]1[Zr](=[SiH2])([CH2]c1ccccc1)[CH]1C(C)=Cc2c1ccc(C)c2C.Cl.Cl. The summed E-state index contributed by atoms with van der Waals surface area (Å²) in [5, 5.41) is 0. The van der Waals surface area contributed by atoms with Crippen LogP contribution >= 0.6 is 24.8 Å². The van der Waals surface area contributed by atoms with Crippen molar-refractivity contribution < 1.29 is 18.9 Å². The largest absolute Gasteiger partial charge is 0.147 e. The van der Waals surface area contributed by atoms with E-state index in [4.69, 9.17) is 0 Å². The van der Waals surface area contributed by atoms with Gasteiger partial charge in [-0.15, -0.1) is 24.8 Å². The van der Waals surface area contributed by atoms with E-state index in [1.54, 1.807) is 22.3 Å². The molecule has 0 N–H and O–H groups in total. The number of aryl methyl sites for hydroxylation is 2. The monoisotopic (exact) mass is 597 g/mol. The Morgan fingerprint density at radius 1 is 0.629 bits per heavy atom. The van der Waals surface area contributed by atoms with Crippen molar-refractivity contribution >= 4 is 43.8 Å². The molecule has 2 aliphatic rings. The average molecular weight is 600 g/mol. The van der Waals surface area contributed by atoms with E-state index < -0.39 is 18.9 Å². The Morgan fingerprint density at radius 3 is 1.49 bits per heavy atom. The van der Waals surface area contributed by atoms with Crippen LogP contribution in [0.5, 0.6) is 0 Å². The zero-order valence-corrected chi connectivity index (χ0v) is 27.2. The third-order valence-corrected chi connectivity index (χ3v) is 26.8. The van der Waals surface area contributed by atoms with Crippen LogP contribution in [0.1, 0.15) is 71.2 Å². The summed E-state index contributed by atoms with van der Waals surface area (Å²) in [6, 6.07) is 21.0. The van der Waals surface area contributed by atoms with Crippen molar-refractivity contribution in [3.05, 3.63) is 116 Å². The van der Waals surface area contributed by atoms with Crippen molar-refractivity contribution in [2.75, 3.05) is 0 Å². The third kappa shape index (κ3) is 4.66. The van der Waals surface area contributed by atoms with Crippen LogP contribution in [0.25, 0.3) is 12.2 Å². The molecule has 0 spiro atoms. The van der Waals surface area contributed by atoms with E-state index in [1.165, 1.54) is 43.1 Å². The summed E-state index contributed by atoms with van der Waals surface area (Å²) in [6.07, 6.45) is 5.06. The molecule has 0 saturated carbocycles. The second-order valence-electron chi connectivity index (χ2n) is 10.6. The van der Waals surface area contributed by atoms with Crippen LogP contribution in [0.4, 0.5) is 0 Å². The minimum atomic E-state index is -2.97. The van der Waals surface area contributed by atoms with E-state index in [0.717, 1.165) is 0 Å². The Labute approximate surface area is 229 Å². The van der Waals surface area contributed by atoms with Crippen molar-refractivity contribution in [3.8, 4) is 0 Å². The van der Waals surface area contributed by atoms with Crippen molar-refractivity contribution in [2.45, 2.75) is 52.9 Å². The van der Waals surface area contributed by atoms with E-state index in [1.807, 2.05) is 0 Å². The van der Waals surface area contributed by atoms with Gasteiger partial charge in [-0.25, -0.2) is 0 Å². The molecule has 2 atom stereocenters. The Bertz CT molecular complexity index is 1300. The van der Waals surface area contributed by atoms with Gasteiger partial charge < -0.3 is 0 Å². The molecule has 3 aromatic carbocycles. The molecule has 2 aliphatic carbocycles. The smallest absolute Gasteiger partial charge is 0.147 e. The Hall–Kier alpha value is -1.18. The number of rotatable bonds is 4. The first-order chi connectivity index (χ1) is 15.7. The van der Waals surface area contributed by atoms with Crippen LogP contribution in [-0.4, -0.2) is 6.88 Å². The molecular weight excluding hydrogens is 563 g/mol. The minimum absolute atomic E-state index is 0. The summed E-state index contributed by atoms with van der Waals surface area (Å²) in [4.78, 5) is 0. The van der Waals surface area contributed by atoms with Gasteiger partial charge in [-0.3, -0.25) is 0 Å². The fraction of sp³-hybridized carbons (Fsp3) is 0.290. The maximum Gasteiger partial charge on any atom is -0.147 e. The quantitative estimate of drug-likeness (QED) is 0.265. The topological polar surface area (TPSA) is 0 Å². The van der Waals surface area contributed by atoms with Gasteiger partial charge in [-0.2, -0.15) is 0 Å². The number of fused-ring (bicyclic) bond motifs is 2. The van der Waals surface area contributed by atoms with Crippen LogP contribution in [0.2, 0.25) is 0 Å². The molecule has 0 heterocycles. The van der Waals surface area contributed by atoms with Gasteiger partial charge in [0.05, 0.1) is 0 Å². The van der Waals surface area contributed by atoms with Crippen molar-refractivity contribution in [1.82, 2.24) is 0 Å². The van der Waals surface area contributed by atoms with Gasteiger partial charge in [0.2, 0.25) is 0 Å². The molecule has 0 radical (unpaired) electrons. The number of halogens is 2. The van der Waals surface area contributed by atoms with Crippen LogP contribution in [0, 0.1) is 27.7 Å². The summed E-state index contributed by atoms with van der Waals surface area (Å²) in [7, 11) is 0. The normalized spacial score (nSPS) is 19.5. The van der Waals surface area contributed by atoms with E-state index in [0.29, 0.717) is 7.25 Å². The predicted octanol–water partition coefficient (Wildman–Crippen LogP) is 8.28. The number of allylic oxidation sites excluding steroid dienone is 2. The summed E-state index contributed by atoms with van der Waals surface area (Å²) < 4.78 is 2.51. The van der Waals surface area contributed by atoms with Crippen molar-refractivity contribution in [1.29, 1.82) is 0 Å². The second-order valence-corrected chi connectivity index (χ2v) is 28.1. The maximum atomic E-state index is 2.53. The standard InChI is InChI=1S/2C12H13.C7H7.2ClH.H2Si.Zr/c2*1-8-6-11-5-4-9(2)10(3)12(11)7-8;1-7-5-3-2-4-6-7;;;;/h2*4-7H,1-3H3;2-6H,1H2;2*1H;1H2;. The van der Waals surface area contributed by atoms with Gasteiger partial charge in [0.1, 0.15) is 0 Å². The number of hydrogen-bond donors (Lipinski definition) is 0. The molecule has 183 valence electrons.